The molecule has 2 fully saturated rings. The smallest absolute Gasteiger partial charge is 0.274 e. The Morgan fingerprint density at radius 3 is 2.77 bits per heavy atom. The summed E-state index contributed by atoms with van der Waals surface area (Å²) in [5, 5.41) is 0. The van der Waals surface area contributed by atoms with E-state index in [9.17, 15) is 4.79 Å². The second-order valence-electron chi connectivity index (χ2n) is 7.21. The van der Waals surface area contributed by atoms with Gasteiger partial charge >= 0.3 is 0 Å². The minimum atomic E-state index is -0.155. The van der Waals surface area contributed by atoms with Crippen molar-refractivity contribution in [2.75, 3.05) is 32.8 Å². The van der Waals surface area contributed by atoms with Gasteiger partial charge in [0.05, 0.1) is 36.6 Å². The molecule has 138 valence electrons. The van der Waals surface area contributed by atoms with Crippen LogP contribution in [0.5, 0.6) is 0 Å². The van der Waals surface area contributed by atoms with E-state index in [0.717, 1.165) is 44.8 Å². The van der Waals surface area contributed by atoms with E-state index in [4.69, 9.17) is 9.15 Å². The fourth-order valence-electron chi connectivity index (χ4n) is 3.78. The number of aryl methyl sites for hydroxylation is 1. The van der Waals surface area contributed by atoms with Crippen molar-refractivity contribution in [2.24, 2.45) is 0 Å². The van der Waals surface area contributed by atoms with Crippen LogP contribution >= 0.6 is 0 Å². The summed E-state index contributed by atoms with van der Waals surface area (Å²) in [4.78, 5) is 25.3. The zero-order chi connectivity index (χ0) is 18.0. The van der Waals surface area contributed by atoms with Crippen molar-refractivity contribution in [3.05, 3.63) is 47.9 Å². The summed E-state index contributed by atoms with van der Waals surface area (Å²) in [7, 11) is 0. The first-order chi connectivity index (χ1) is 12.6. The van der Waals surface area contributed by atoms with E-state index >= 15 is 0 Å². The first-order valence-corrected chi connectivity index (χ1v) is 9.09. The Morgan fingerprint density at radius 2 is 2.08 bits per heavy atom. The summed E-state index contributed by atoms with van der Waals surface area (Å²) in [6.07, 6.45) is 8.40. The highest BCUT2D eigenvalue weighted by Crippen LogP contribution is 2.31. The maximum atomic E-state index is 12.6. The number of likely N-dealkylation sites (tertiary alicyclic amines) is 1. The van der Waals surface area contributed by atoms with Crippen molar-refractivity contribution in [2.45, 2.75) is 31.9 Å². The number of hydrogen-bond donors (Lipinski definition) is 0. The number of nitrogens with zero attached hydrogens (tertiary/aromatic N) is 4. The van der Waals surface area contributed by atoms with E-state index in [2.05, 4.69) is 14.9 Å². The minimum Gasteiger partial charge on any atom is -0.472 e. The standard InChI is InChI=1S/C19H24N4O3/c1-15-10-21-17(11-20-15)18(24)23-5-3-19(4-6-23)14-22(7-9-26-19)12-16-2-8-25-13-16/h2,8,10-11,13H,3-7,9,12,14H2,1H3. The van der Waals surface area contributed by atoms with Gasteiger partial charge in [-0.1, -0.05) is 0 Å². The van der Waals surface area contributed by atoms with Crippen LogP contribution in [0.4, 0.5) is 0 Å². The summed E-state index contributed by atoms with van der Waals surface area (Å²) in [5.41, 5.74) is 2.26. The SMILES string of the molecule is Cc1cnc(C(=O)N2CCC3(CC2)CN(Cc2ccoc2)CCO3)cn1. The van der Waals surface area contributed by atoms with Crippen LogP contribution in [0.15, 0.2) is 35.4 Å². The molecule has 0 N–H and O–H groups in total. The van der Waals surface area contributed by atoms with Gasteiger partial charge < -0.3 is 14.1 Å². The predicted molar refractivity (Wildman–Crippen MR) is 94.6 cm³/mol. The van der Waals surface area contributed by atoms with Gasteiger partial charge in [0.15, 0.2) is 0 Å². The molecule has 2 aliphatic rings. The molecule has 2 saturated heterocycles. The average molecular weight is 356 g/mol. The third-order valence-electron chi connectivity index (χ3n) is 5.28. The van der Waals surface area contributed by atoms with Gasteiger partial charge in [-0.15, -0.1) is 0 Å². The van der Waals surface area contributed by atoms with Gasteiger partial charge in [-0.25, -0.2) is 4.98 Å². The van der Waals surface area contributed by atoms with Gasteiger partial charge in [0.1, 0.15) is 5.69 Å². The average Bonchev–Trinajstić information content (AvgIpc) is 3.16. The Labute approximate surface area is 153 Å². The number of carbonyl (C=O) groups excluding carboxylic acids is 1. The first kappa shape index (κ1) is 17.2. The molecule has 0 aromatic carbocycles. The van der Waals surface area contributed by atoms with Gasteiger partial charge in [-0.2, -0.15) is 0 Å². The molecule has 4 rings (SSSR count). The molecule has 0 unspecified atom stereocenters. The maximum absolute atomic E-state index is 12.6. The normalized spacial score (nSPS) is 20.4. The monoisotopic (exact) mass is 356 g/mol. The molecule has 2 aliphatic heterocycles. The predicted octanol–water partition coefficient (Wildman–Crippen LogP) is 1.89. The topological polar surface area (TPSA) is 71.7 Å². The van der Waals surface area contributed by atoms with Crippen LogP contribution in [0.2, 0.25) is 0 Å². The van der Waals surface area contributed by atoms with E-state index < -0.39 is 0 Å². The van der Waals surface area contributed by atoms with Crippen LogP contribution in [0.1, 0.15) is 34.6 Å². The fourth-order valence-corrected chi connectivity index (χ4v) is 3.78. The summed E-state index contributed by atoms with van der Waals surface area (Å²) in [6.45, 7) is 6.67. The maximum Gasteiger partial charge on any atom is 0.274 e. The van der Waals surface area contributed by atoms with Gasteiger partial charge in [0.2, 0.25) is 0 Å². The van der Waals surface area contributed by atoms with Crippen molar-refractivity contribution < 1.29 is 13.9 Å². The molecule has 2 aromatic rings. The van der Waals surface area contributed by atoms with Gasteiger partial charge in [0.25, 0.3) is 5.91 Å². The number of aromatic nitrogens is 2. The zero-order valence-corrected chi connectivity index (χ0v) is 15.1. The summed E-state index contributed by atoms with van der Waals surface area (Å²) in [6, 6.07) is 2.01. The minimum absolute atomic E-state index is 0.0431. The number of piperidine rings is 1. The Balaban J connectivity index is 1.36. The van der Waals surface area contributed by atoms with Crippen LogP contribution in [-0.2, 0) is 11.3 Å². The van der Waals surface area contributed by atoms with E-state index in [-0.39, 0.29) is 11.5 Å². The number of hydrogen-bond acceptors (Lipinski definition) is 6. The van der Waals surface area contributed by atoms with E-state index in [1.54, 1.807) is 24.9 Å². The summed E-state index contributed by atoms with van der Waals surface area (Å²) < 4.78 is 11.3. The molecule has 7 nitrogen and oxygen atoms in total. The molecule has 0 saturated carbocycles. The molecular formula is C19H24N4O3. The Bertz CT molecular complexity index is 737. The lowest BCUT2D eigenvalue weighted by molar-refractivity contribution is -0.134. The molecule has 26 heavy (non-hydrogen) atoms. The molecular weight excluding hydrogens is 332 g/mol. The van der Waals surface area contributed by atoms with E-state index in [1.165, 1.54) is 5.56 Å². The van der Waals surface area contributed by atoms with Crippen LogP contribution in [0.3, 0.4) is 0 Å². The van der Waals surface area contributed by atoms with Gasteiger partial charge in [-0.3, -0.25) is 14.7 Å². The van der Waals surface area contributed by atoms with E-state index in [0.29, 0.717) is 18.8 Å². The lowest BCUT2D eigenvalue weighted by Crippen LogP contribution is -2.57. The number of amides is 1. The van der Waals surface area contributed by atoms with Crippen LogP contribution in [-0.4, -0.2) is 64.1 Å². The van der Waals surface area contributed by atoms with Crippen LogP contribution < -0.4 is 0 Å². The quantitative estimate of drug-likeness (QED) is 0.836. The van der Waals surface area contributed by atoms with Crippen molar-refractivity contribution >= 4 is 5.91 Å². The first-order valence-electron chi connectivity index (χ1n) is 9.09. The molecule has 4 heterocycles. The Morgan fingerprint density at radius 1 is 1.23 bits per heavy atom. The van der Waals surface area contributed by atoms with E-state index in [1.807, 2.05) is 17.9 Å². The largest absolute Gasteiger partial charge is 0.472 e. The number of furan rings is 1. The summed E-state index contributed by atoms with van der Waals surface area (Å²) >= 11 is 0. The van der Waals surface area contributed by atoms with Crippen molar-refractivity contribution in [3.8, 4) is 0 Å². The highest BCUT2D eigenvalue weighted by atomic mass is 16.5. The zero-order valence-electron chi connectivity index (χ0n) is 15.1. The third-order valence-corrected chi connectivity index (χ3v) is 5.28. The van der Waals surface area contributed by atoms with Crippen molar-refractivity contribution in [1.82, 2.24) is 19.8 Å². The second kappa shape index (κ2) is 7.17. The summed E-state index contributed by atoms with van der Waals surface area (Å²) in [5.74, 6) is -0.0431. The molecule has 0 bridgehead atoms. The van der Waals surface area contributed by atoms with Crippen LogP contribution in [0.25, 0.3) is 0 Å². The molecule has 1 spiro atoms. The number of rotatable bonds is 3. The number of morpholine rings is 1. The van der Waals surface area contributed by atoms with Gasteiger partial charge in [0, 0.05) is 44.5 Å². The molecule has 0 aliphatic carbocycles. The highest BCUT2D eigenvalue weighted by molar-refractivity contribution is 5.92. The molecule has 0 atom stereocenters. The number of ether oxygens (including phenoxy) is 1. The third kappa shape index (κ3) is 3.64. The van der Waals surface area contributed by atoms with Crippen molar-refractivity contribution in [3.63, 3.8) is 0 Å². The molecule has 0 radical (unpaired) electrons. The molecule has 2 aromatic heterocycles. The van der Waals surface area contributed by atoms with Gasteiger partial charge in [-0.05, 0) is 25.8 Å². The lowest BCUT2D eigenvalue weighted by atomic mass is 9.89. The Kier molecular flexibility index (Phi) is 4.74. The fraction of sp³-hybridized carbons (Fsp3) is 0.526. The highest BCUT2D eigenvalue weighted by Gasteiger charge is 2.40. The Hall–Kier alpha value is -2.25. The number of carbonyl (C=O) groups is 1. The van der Waals surface area contributed by atoms with Crippen LogP contribution in [0, 0.1) is 6.92 Å². The second-order valence-corrected chi connectivity index (χ2v) is 7.21. The molecule has 7 heteroatoms. The molecule has 1 amide bonds. The lowest BCUT2D eigenvalue weighted by Gasteiger charge is -2.47. The van der Waals surface area contributed by atoms with Crippen molar-refractivity contribution in [1.29, 1.82) is 0 Å².